The Morgan fingerprint density at radius 1 is 1.46 bits per heavy atom. The fourth-order valence-electron chi connectivity index (χ4n) is 2.00. The quantitative estimate of drug-likeness (QED) is 0.501. The van der Waals surface area contributed by atoms with Gasteiger partial charge in [-0.15, -0.1) is 21.5 Å². The molecule has 2 aromatic rings. The monoisotopic (exact) mass is 382 g/mol. The van der Waals surface area contributed by atoms with Crippen LogP contribution in [-0.2, 0) is 11.2 Å². The van der Waals surface area contributed by atoms with Gasteiger partial charge in [-0.05, 0) is 31.7 Å². The average molecular weight is 383 g/mol. The lowest BCUT2D eigenvalue weighted by atomic mass is 10.3. The number of thioether (sulfide) groups is 1. The highest BCUT2D eigenvalue weighted by molar-refractivity contribution is 8.01. The van der Waals surface area contributed by atoms with Gasteiger partial charge in [-0.3, -0.25) is 4.79 Å². The van der Waals surface area contributed by atoms with Crippen molar-refractivity contribution in [3.05, 3.63) is 34.5 Å². The molecule has 0 aliphatic heterocycles. The van der Waals surface area contributed by atoms with Gasteiger partial charge in [0.2, 0.25) is 11.0 Å². The van der Waals surface area contributed by atoms with Crippen molar-refractivity contribution >= 4 is 45.5 Å². The summed E-state index contributed by atoms with van der Waals surface area (Å²) in [6, 6.07) is 4.19. The maximum Gasteiger partial charge on any atom is 0.233 e. The van der Waals surface area contributed by atoms with E-state index in [1.165, 1.54) is 28.0 Å². The molecule has 0 aromatic carbocycles. The van der Waals surface area contributed by atoms with Crippen molar-refractivity contribution < 1.29 is 4.79 Å². The van der Waals surface area contributed by atoms with Crippen molar-refractivity contribution in [2.24, 2.45) is 0 Å². The lowest BCUT2D eigenvalue weighted by Gasteiger charge is -2.20. The van der Waals surface area contributed by atoms with E-state index in [-0.39, 0.29) is 5.91 Å². The molecule has 0 bridgehead atoms. The predicted octanol–water partition coefficient (Wildman–Crippen LogP) is 3.77. The van der Waals surface area contributed by atoms with Gasteiger partial charge in [0.1, 0.15) is 0 Å². The van der Waals surface area contributed by atoms with Crippen molar-refractivity contribution in [1.82, 2.24) is 15.1 Å². The van der Waals surface area contributed by atoms with Crippen LogP contribution in [0.25, 0.3) is 0 Å². The van der Waals surface area contributed by atoms with Crippen molar-refractivity contribution in [1.29, 1.82) is 0 Å². The predicted molar refractivity (Wildman–Crippen MR) is 104 cm³/mol. The van der Waals surface area contributed by atoms with Crippen LogP contribution in [0.2, 0.25) is 0 Å². The Kier molecular flexibility index (Phi) is 7.74. The van der Waals surface area contributed by atoms with Crippen molar-refractivity contribution in [3.8, 4) is 0 Å². The Morgan fingerprint density at radius 2 is 2.29 bits per heavy atom. The summed E-state index contributed by atoms with van der Waals surface area (Å²) >= 11 is 4.69. The van der Waals surface area contributed by atoms with Gasteiger partial charge in [-0.2, -0.15) is 0 Å². The zero-order valence-corrected chi connectivity index (χ0v) is 16.4. The van der Waals surface area contributed by atoms with E-state index in [1.807, 2.05) is 13.8 Å². The maximum atomic E-state index is 12.2. The minimum Gasteiger partial charge on any atom is -0.360 e. The van der Waals surface area contributed by atoms with Gasteiger partial charge < -0.3 is 10.2 Å². The van der Waals surface area contributed by atoms with Crippen LogP contribution in [0, 0.1) is 0 Å². The summed E-state index contributed by atoms with van der Waals surface area (Å²) in [5, 5.41) is 14.4. The Hall–Kier alpha value is -1.38. The highest BCUT2D eigenvalue weighted by atomic mass is 32.2. The molecule has 0 aliphatic rings. The Bertz CT molecular complexity index is 654. The standard InChI is InChI=1S/C16H22N4OS3/c1-4-20(10-12(2)3)14(21)11-23-16-19-18-15(24-16)17-8-7-13-6-5-9-22-13/h5-6,9H,2,4,7-8,10-11H2,1,3H3,(H,17,18). The fourth-order valence-corrected chi connectivity index (χ4v) is 4.39. The van der Waals surface area contributed by atoms with Gasteiger partial charge in [-0.25, -0.2) is 0 Å². The van der Waals surface area contributed by atoms with E-state index in [4.69, 9.17) is 0 Å². The van der Waals surface area contributed by atoms with E-state index in [0.29, 0.717) is 18.8 Å². The Morgan fingerprint density at radius 3 is 2.96 bits per heavy atom. The van der Waals surface area contributed by atoms with E-state index in [0.717, 1.165) is 28.0 Å². The Balaban J connectivity index is 1.74. The van der Waals surface area contributed by atoms with Gasteiger partial charge in [0.05, 0.1) is 5.75 Å². The topological polar surface area (TPSA) is 58.1 Å². The molecule has 24 heavy (non-hydrogen) atoms. The summed E-state index contributed by atoms with van der Waals surface area (Å²) in [6.07, 6.45) is 0.977. The number of amides is 1. The van der Waals surface area contributed by atoms with Crippen LogP contribution in [0.4, 0.5) is 5.13 Å². The minimum absolute atomic E-state index is 0.105. The second-order valence-corrected chi connectivity index (χ2v) is 8.52. The molecular weight excluding hydrogens is 360 g/mol. The number of carbonyl (C=O) groups is 1. The molecule has 2 aromatic heterocycles. The normalized spacial score (nSPS) is 10.6. The van der Waals surface area contributed by atoms with E-state index in [9.17, 15) is 4.79 Å². The van der Waals surface area contributed by atoms with E-state index >= 15 is 0 Å². The molecule has 130 valence electrons. The first kappa shape index (κ1) is 19.0. The van der Waals surface area contributed by atoms with Crippen molar-refractivity contribution in [2.45, 2.75) is 24.6 Å². The number of hydrogen-bond donors (Lipinski definition) is 1. The van der Waals surface area contributed by atoms with Crippen LogP contribution in [0.15, 0.2) is 34.0 Å². The van der Waals surface area contributed by atoms with Gasteiger partial charge in [-0.1, -0.05) is 41.3 Å². The summed E-state index contributed by atoms with van der Waals surface area (Å²) in [6.45, 7) is 9.92. The molecule has 1 N–H and O–H groups in total. The number of anilines is 1. The van der Waals surface area contributed by atoms with Crippen molar-refractivity contribution in [3.63, 3.8) is 0 Å². The average Bonchev–Trinajstić information content (AvgIpc) is 3.22. The van der Waals surface area contributed by atoms with Gasteiger partial charge in [0.15, 0.2) is 4.34 Å². The molecule has 8 heteroatoms. The number of aromatic nitrogens is 2. The summed E-state index contributed by atoms with van der Waals surface area (Å²) in [5.74, 6) is 0.484. The molecule has 0 aliphatic carbocycles. The summed E-state index contributed by atoms with van der Waals surface area (Å²) in [4.78, 5) is 15.4. The molecule has 2 heterocycles. The highest BCUT2D eigenvalue weighted by Gasteiger charge is 2.13. The number of nitrogens with one attached hydrogen (secondary N) is 1. The highest BCUT2D eigenvalue weighted by Crippen LogP contribution is 2.25. The molecule has 5 nitrogen and oxygen atoms in total. The fraction of sp³-hybridized carbons (Fsp3) is 0.438. The third-order valence-electron chi connectivity index (χ3n) is 3.15. The lowest BCUT2D eigenvalue weighted by Crippen LogP contribution is -2.33. The molecule has 2 rings (SSSR count). The number of rotatable bonds is 10. The second-order valence-electron chi connectivity index (χ2n) is 5.28. The van der Waals surface area contributed by atoms with Gasteiger partial charge in [0, 0.05) is 24.5 Å². The first-order valence-electron chi connectivity index (χ1n) is 7.73. The van der Waals surface area contributed by atoms with Crippen LogP contribution in [-0.4, -0.2) is 46.4 Å². The smallest absolute Gasteiger partial charge is 0.233 e. The maximum absolute atomic E-state index is 12.2. The number of nitrogens with zero attached hydrogens (tertiary/aromatic N) is 3. The van der Waals surface area contributed by atoms with Crippen LogP contribution >= 0.6 is 34.4 Å². The molecule has 1 amide bonds. The van der Waals surface area contributed by atoms with E-state index in [1.54, 1.807) is 16.2 Å². The number of hydrogen-bond acceptors (Lipinski definition) is 7. The zero-order chi connectivity index (χ0) is 17.4. The SMILES string of the molecule is C=C(C)CN(CC)C(=O)CSc1nnc(NCCc2cccs2)s1. The Labute approximate surface area is 155 Å². The first-order chi connectivity index (χ1) is 11.6. The number of thiophene rings is 1. The van der Waals surface area contributed by atoms with Gasteiger partial charge >= 0.3 is 0 Å². The molecule has 0 radical (unpaired) electrons. The van der Waals surface area contributed by atoms with Crippen LogP contribution in [0.1, 0.15) is 18.7 Å². The van der Waals surface area contributed by atoms with Crippen LogP contribution < -0.4 is 5.32 Å². The second kappa shape index (κ2) is 9.80. The molecular formula is C16H22N4OS3. The lowest BCUT2D eigenvalue weighted by molar-refractivity contribution is -0.127. The third kappa shape index (κ3) is 6.26. The molecule has 0 atom stereocenters. The molecule has 0 unspecified atom stereocenters. The van der Waals surface area contributed by atoms with Crippen molar-refractivity contribution in [2.75, 3.05) is 30.7 Å². The minimum atomic E-state index is 0.105. The molecule has 0 saturated carbocycles. The molecule has 0 saturated heterocycles. The number of likely N-dealkylation sites (N-methyl/N-ethyl adjacent to an activating group) is 1. The van der Waals surface area contributed by atoms with Crippen LogP contribution in [0.5, 0.6) is 0 Å². The third-order valence-corrected chi connectivity index (χ3v) is 6.08. The largest absolute Gasteiger partial charge is 0.360 e. The van der Waals surface area contributed by atoms with E-state index in [2.05, 4.69) is 39.6 Å². The van der Waals surface area contributed by atoms with E-state index < -0.39 is 0 Å². The van der Waals surface area contributed by atoms with Crippen LogP contribution in [0.3, 0.4) is 0 Å². The first-order valence-corrected chi connectivity index (χ1v) is 10.4. The molecule has 0 spiro atoms. The van der Waals surface area contributed by atoms with Gasteiger partial charge in [0.25, 0.3) is 0 Å². The zero-order valence-electron chi connectivity index (χ0n) is 13.9. The summed E-state index contributed by atoms with van der Waals surface area (Å²) in [5.41, 5.74) is 0.989. The number of carbonyl (C=O) groups excluding carboxylic acids is 1. The summed E-state index contributed by atoms with van der Waals surface area (Å²) < 4.78 is 0.813. The molecule has 0 fully saturated rings. The summed E-state index contributed by atoms with van der Waals surface area (Å²) in [7, 11) is 0.